The largest absolute Gasteiger partial charge is 0.395 e. The standard InChI is InChI=1S/C15H17FN2O/c16-14-6-5-11(15-13(14)4-1-7-17-15)9-18-8-2-3-12(18)10-19/h1,4-7,12,19H,2-3,8-10H2/t12-/m1/s1. The Bertz CT molecular complexity index is 587. The molecule has 0 aliphatic carbocycles. The molecule has 1 aliphatic rings. The molecule has 2 heterocycles. The Morgan fingerprint density at radius 1 is 1.37 bits per heavy atom. The van der Waals surface area contributed by atoms with Gasteiger partial charge in [-0.25, -0.2) is 4.39 Å². The number of rotatable bonds is 3. The molecule has 4 heteroatoms. The number of halogens is 1. The Hall–Kier alpha value is -1.52. The molecule has 1 aromatic heterocycles. The van der Waals surface area contributed by atoms with E-state index in [0.29, 0.717) is 5.39 Å². The van der Waals surface area contributed by atoms with E-state index in [1.807, 2.05) is 0 Å². The number of likely N-dealkylation sites (tertiary alicyclic amines) is 1. The van der Waals surface area contributed by atoms with Crippen LogP contribution in [-0.2, 0) is 6.54 Å². The minimum atomic E-state index is -0.230. The number of pyridine rings is 1. The predicted octanol–water partition coefficient (Wildman–Crippen LogP) is 2.33. The van der Waals surface area contributed by atoms with Crippen molar-refractivity contribution in [3.05, 3.63) is 41.8 Å². The van der Waals surface area contributed by atoms with Gasteiger partial charge in [0, 0.05) is 24.2 Å². The van der Waals surface area contributed by atoms with E-state index in [0.717, 1.165) is 37.0 Å². The van der Waals surface area contributed by atoms with Crippen LogP contribution in [0.3, 0.4) is 0 Å². The third-order valence-electron chi connectivity index (χ3n) is 3.88. The van der Waals surface area contributed by atoms with Gasteiger partial charge in [-0.3, -0.25) is 9.88 Å². The van der Waals surface area contributed by atoms with Crippen molar-refractivity contribution in [1.29, 1.82) is 0 Å². The lowest BCUT2D eigenvalue weighted by atomic mass is 10.1. The summed E-state index contributed by atoms with van der Waals surface area (Å²) < 4.78 is 13.7. The molecule has 0 saturated carbocycles. The van der Waals surface area contributed by atoms with Gasteiger partial charge in [0.25, 0.3) is 0 Å². The molecule has 1 N–H and O–H groups in total. The van der Waals surface area contributed by atoms with E-state index in [4.69, 9.17) is 0 Å². The fourth-order valence-electron chi connectivity index (χ4n) is 2.85. The summed E-state index contributed by atoms with van der Waals surface area (Å²) in [6, 6.07) is 7.04. The molecule has 0 spiro atoms. The zero-order valence-corrected chi connectivity index (χ0v) is 10.7. The second-order valence-corrected chi connectivity index (χ2v) is 5.06. The van der Waals surface area contributed by atoms with Crippen LogP contribution in [-0.4, -0.2) is 34.2 Å². The van der Waals surface area contributed by atoms with Gasteiger partial charge in [0.15, 0.2) is 0 Å². The fourth-order valence-corrected chi connectivity index (χ4v) is 2.85. The maximum absolute atomic E-state index is 13.7. The Labute approximate surface area is 111 Å². The summed E-state index contributed by atoms with van der Waals surface area (Å²) in [6.07, 6.45) is 3.83. The van der Waals surface area contributed by atoms with E-state index in [1.54, 1.807) is 24.4 Å². The van der Waals surface area contributed by atoms with Gasteiger partial charge in [-0.1, -0.05) is 6.07 Å². The SMILES string of the molecule is OC[C@H]1CCCN1Cc1ccc(F)c2cccnc12. The first-order chi connectivity index (χ1) is 9.29. The molecule has 1 aliphatic heterocycles. The van der Waals surface area contributed by atoms with Crippen molar-refractivity contribution < 1.29 is 9.50 Å². The van der Waals surface area contributed by atoms with Crippen LogP contribution in [0.1, 0.15) is 18.4 Å². The second kappa shape index (κ2) is 5.23. The maximum Gasteiger partial charge on any atom is 0.132 e. The highest BCUT2D eigenvalue weighted by Gasteiger charge is 2.24. The van der Waals surface area contributed by atoms with E-state index < -0.39 is 0 Å². The van der Waals surface area contributed by atoms with E-state index in [-0.39, 0.29) is 18.5 Å². The van der Waals surface area contributed by atoms with Crippen LogP contribution < -0.4 is 0 Å². The molecular formula is C15H17FN2O. The van der Waals surface area contributed by atoms with Gasteiger partial charge in [0.1, 0.15) is 5.82 Å². The number of aromatic nitrogens is 1. The Kier molecular flexibility index (Phi) is 3.44. The Morgan fingerprint density at radius 3 is 3.11 bits per heavy atom. The van der Waals surface area contributed by atoms with Crippen LogP contribution in [0, 0.1) is 5.82 Å². The molecule has 0 amide bonds. The number of aliphatic hydroxyl groups excluding tert-OH is 1. The highest BCUT2D eigenvalue weighted by Crippen LogP contribution is 2.24. The van der Waals surface area contributed by atoms with Gasteiger partial charge >= 0.3 is 0 Å². The van der Waals surface area contributed by atoms with Crippen molar-refractivity contribution in [3.63, 3.8) is 0 Å². The van der Waals surface area contributed by atoms with Crippen LogP contribution in [0.5, 0.6) is 0 Å². The highest BCUT2D eigenvalue weighted by molar-refractivity contribution is 5.82. The molecule has 2 aromatic rings. The molecule has 0 bridgehead atoms. The van der Waals surface area contributed by atoms with Gasteiger partial charge in [0.2, 0.25) is 0 Å². The summed E-state index contributed by atoms with van der Waals surface area (Å²) in [5, 5.41) is 9.92. The summed E-state index contributed by atoms with van der Waals surface area (Å²) in [4.78, 5) is 6.56. The summed E-state index contributed by atoms with van der Waals surface area (Å²) in [5.41, 5.74) is 1.75. The third-order valence-corrected chi connectivity index (χ3v) is 3.88. The number of fused-ring (bicyclic) bond motifs is 1. The highest BCUT2D eigenvalue weighted by atomic mass is 19.1. The molecule has 0 unspecified atom stereocenters. The van der Waals surface area contributed by atoms with E-state index in [9.17, 15) is 9.50 Å². The Balaban J connectivity index is 1.95. The minimum absolute atomic E-state index is 0.187. The van der Waals surface area contributed by atoms with Crippen LogP contribution in [0.15, 0.2) is 30.5 Å². The fraction of sp³-hybridized carbons (Fsp3) is 0.400. The van der Waals surface area contributed by atoms with Crippen LogP contribution in [0.2, 0.25) is 0 Å². The molecule has 1 aromatic carbocycles. The molecule has 3 rings (SSSR count). The van der Waals surface area contributed by atoms with Crippen molar-refractivity contribution in [2.75, 3.05) is 13.2 Å². The lowest BCUT2D eigenvalue weighted by Crippen LogP contribution is -2.31. The van der Waals surface area contributed by atoms with E-state index >= 15 is 0 Å². The van der Waals surface area contributed by atoms with Crippen molar-refractivity contribution in [2.45, 2.75) is 25.4 Å². The first kappa shape index (κ1) is 12.5. The molecule has 19 heavy (non-hydrogen) atoms. The van der Waals surface area contributed by atoms with Gasteiger partial charge < -0.3 is 5.11 Å². The maximum atomic E-state index is 13.7. The quantitative estimate of drug-likeness (QED) is 0.920. The average Bonchev–Trinajstić information content (AvgIpc) is 2.89. The van der Waals surface area contributed by atoms with Crippen molar-refractivity contribution >= 4 is 10.9 Å². The summed E-state index contributed by atoms with van der Waals surface area (Å²) in [5.74, 6) is -0.230. The van der Waals surface area contributed by atoms with Crippen molar-refractivity contribution in [1.82, 2.24) is 9.88 Å². The monoisotopic (exact) mass is 260 g/mol. The van der Waals surface area contributed by atoms with Crippen molar-refractivity contribution in [3.8, 4) is 0 Å². The number of benzene rings is 1. The predicted molar refractivity (Wildman–Crippen MR) is 72.2 cm³/mol. The lowest BCUT2D eigenvalue weighted by Gasteiger charge is -2.23. The molecule has 100 valence electrons. The minimum Gasteiger partial charge on any atom is -0.395 e. The first-order valence-corrected chi connectivity index (χ1v) is 6.66. The van der Waals surface area contributed by atoms with Crippen LogP contribution in [0.25, 0.3) is 10.9 Å². The third kappa shape index (κ3) is 2.33. The summed E-state index contributed by atoms with van der Waals surface area (Å²) in [6.45, 7) is 1.89. The first-order valence-electron chi connectivity index (χ1n) is 6.66. The smallest absolute Gasteiger partial charge is 0.132 e. The molecule has 3 nitrogen and oxygen atoms in total. The summed E-state index contributed by atoms with van der Waals surface area (Å²) >= 11 is 0. The lowest BCUT2D eigenvalue weighted by molar-refractivity contribution is 0.154. The van der Waals surface area contributed by atoms with Gasteiger partial charge in [0.05, 0.1) is 12.1 Å². The number of aliphatic hydroxyl groups is 1. The molecule has 1 atom stereocenters. The van der Waals surface area contributed by atoms with Crippen LogP contribution >= 0.6 is 0 Å². The molecule has 1 fully saturated rings. The molecular weight excluding hydrogens is 243 g/mol. The molecule has 1 saturated heterocycles. The van der Waals surface area contributed by atoms with Gasteiger partial charge in [-0.15, -0.1) is 0 Å². The number of hydrogen-bond donors (Lipinski definition) is 1. The summed E-state index contributed by atoms with van der Waals surface area (Å²) in [7, 11) is 0. The second-order valence-electron chi connectivity index (χ2n) is 5.06. The van der Waals surface area contributed by atoms with Crippen molar-refractivity contribution in [2.24, 2.45) is 0 Å². The molecule has 0 radical (unpaired) electrons. The number of hydrogen-bond acceptors (Lipinski definition) is 3. The van der Waals surface area contributed by atoms with E-state index in [2.05, 4.69) is 9.88 Å². The Morgan fingerprint density at radius 2 is 2.26 bits per heavy atom. The van der Waals surface area contributed by atoms with Crippen LogP contribution in [0.4, 0.5) is 4.39 Å². The van der Waals surface area contributed by atoms with E-state index in [1.165, 1.54) is 6.07 Å². The van der Waals surface area contributed by atoms with Gasteiger partial charge in [-0.2, -0.15) is 0 Å². The average molecular weight is 260 g/mol. The zero-order chi connectivity index (χ0) is 13.2. The number of nitrogens with zero attached hydrogens (tertiary/aromatic N) is 2. The van der Waals surface area contributed by atoms with Gasteiger partial charge in [-0.05, 0) is 43.1 Å². The normalized spacial score (nSPS) is 20.2. The zero-order valence-electron chi connectivity index (χ0n) is 10.7. The topological polar surface area (TPSA) is 36.4 Å².